The number of fused-ring (bicyclic) bond motifs is 2. The number of aromatic nitrogens is 7. The van der Waals surface area contributed by atoms with E-state index in [9.17, 15) is 13.6 Å². The van der Waals surface area contributed by atoms with E-state index >= 15 is 0 Å². The van der Waals surface area contributed by atoms with Gasteiger partial charge in [0.25, 0.3) is 6.43 Å². The Morgan fingerprint density at radius 2 is 2.09 bits per heavy atom. The lowest BCUT2D eigenvalue weighted by Crippen LogP contribution is -2.41. The van der Waals surface area contributed by atoms with E-state index in [1.54, 1.807) is 49.8 Å². The molecule has 0 fully saturated rings. The van der Waals surface area contributed by atoms with Gasteiger partial charge < -0.3 is 14.3 Å². The number of halogens is 2. The van der Waals surface area contributed by atoms with Gasteiger partial charge in [0.1, 0.15) is 11.7 Å². The topological polar surface area (TPSA) is 118 Å². The molecular weight excluding hydrogens is 458 g/mol. The molecule has 1 N–H and O–H groups in total. The normalized spacial score (nSPS) is 15.7. The molecule has 0 saturated carbocycles. The summed E-state index contributed by atoms with van der Waals surface area (Å²) in [6.45, 7) is 2.12. The maximum Gasteiger partial charge on any atom is 0.312 e. The van der Waals surface area contributed by atoms with Gasteiger partial charge in [-0.3, -0.25) is 9.78 Å². The van der Waals surface area contributed by atoms with E-state index in [2.05, 4.69) is 30.2 Å². The van der Waals surface area contributed by atoms with Crippen LogP contribution in [-0.4, -0.2) is 52.1 Å². The zero-order valence-corrected chi connectivity index (χ0v) is 18.4. The fourth-order valence-electron chi connectivity index (χ4n) is 4.40. The fourth-order valence-corrected chi connectivity index (χ4v) is 4.40. The Balaban J connectivity index is 1.42. The molecule has 5 aromatic heterocycles. The van der Waals surface area contributed by atoms with Gasteiger partial charge in [-0.2, -0.15) is 5.10 Å². The monoisotopic (exact) mass is 476 g/mol. The van der Waals surface area contributed by atoms with Crippen molar-refractivity contribution in [2.45, 2.75) is 25.8 Å². The zero-order chi connectivity index (χ0) is 24.1. The average Bonchev–Trinajstić information content (AvgIpc) is 3.62. The average molecular weight is 476 g/mol. The van der Waals surface area contributed by atoms with Crippen molar-refractivity contribution in [1.29, 1.82) is 0 Å². The van der Waals surface area contributed by atoms with Gasteiger partial charge in [0.15, 0.2) is 0 Å². The van der Waals surface area contributed by atoms with Crippen molar-refractivity contribution in [3.63, 3.8) is 0 Å². The standard InChI is InChI=1S/C23H18F2N8O2/c1-12-14(5-3-8-26-12)21-29-30-22(35-21)23(34)32-9-7-15-18(28-11-27-15)19(32)16-10-13-4-2-6-17(20(24)25)33(13)31-16/h2-6,8,10-11,19-20H,7,9H2,1H3,(H,27,28). The summed E-state index contributed by atoms with van der Waals surface area (Å²) >= 11 is 0. The van der Waals surface area contributed by atoms with Crippen LogP contribution in [0.5, 0.6) is 0 Å². The summed E-state index contributed by atoms with van der Waals surface area (Å²) in [5.41, 5.74) is 3.41. The highest BCUT2D eigenvalue weighted by Crippen LogP contribution is 2.35. The molecule has 6 rings (SSSR count). The Morgan fingerprint density at radius 3 is 2.91 bits per heavy atom. The highest BCUT2D eigenvalue weighted by Gasteiger charge is 2.38. The molecule has 176 valence electrons. The molecule has 0 bridgehead atoms. The number of hydrogen-bond acceptors (Lipinski definition) is 7. The first-order valence-corrected chi connectivity index (χ1v) is 10.9. The van der Waals surface area contributed by atoms with Gasteiger partial charge >= 0.3 is 11.8 Å². The summed E-state index contributed by atoms with van der Waals surface area (Å²) in [6, 6.07) is 9.03. The number of H-pyrrole nitrogens is 1. The van der Waals surface area contributed by atoms with E-state index in [0.717, 1.165) is 5.69 Å². The number of hydrogen-bond donors (Lipinski definition) is 1. The number of carbonyl (C=O) groups is 1. The van der Waals surface area contributed by atoms with Crippen molar-refractivity contribution in [1.82, 2.24) is 39.7 Å². The first kappa shape index (κ1) is 21.1. The van der Waals surface area contributed by atoms with Crippen LogP contribution in [0, 0.1) is 6.92 Å². The molecule has 0 aliphatic carbocycles. The minimum Gasteiger partial charge on any atom is -0.412 e. The predicted molar refractivity (Wildman–Crippen MR) is 118 cm³/mol. The highest BCUT2D eigenvalue weighted by molar-refractivity contribution is 5.90. The molecule has 1 atom stereocenters. The van der Waals surface area contributed by atoms with E-state index < -0.39 is 18.4 Å². The number of amides is 1. The minimum absolute atomic E-state index is 0.183. The van der Waals surface area contributed by atoms with Crippen molar-refractivity contribution >= 4 is 11.4 Å². The molecule has 0 aromatic carbocycles. The molecule has 1 amide bonds. The van der Waals surface area contributed by atoms with Gasteiger partial charge in [0, 0.05) is 30.6 Å². The van der Waals surface area contributed by atoms with Crippen molar-refractivity contribution in [2.75, 3.05) is 6.54 Å². The van der Waals surface area contributed by atoms with Crippen LogP contribution in [0.1, 0.15) is 51.6 Å². The van der Waals surface area contributed by atoms with E-state index in [1.165, 1.54) is 15.5 Å². The number of pyridine rings is 2. The quantitative estimate of drug-likeness (QED) is 0.422. The number of nitrogens with one attached hydrogen (secondary N) is 1. The summed E-state index contributed by atoms with van der Waals surface area (Å²) in [7, 11) is 0. The molecule has 1 aliphatic heterocycles. The van der Waals surface area contributed by atoms with Crippen LogP contribution in [-0.2, 0) is 6.42 Å². The van der Waals surface area contributed by atoms with Crippen LogP contribution in [0.2, 0.25) is 0 Å². The third kappa shape index (κ3) is 3.45. The Labute approximate surface area is 196 Å². The van der Waals surface area contributed by atoms with Crippen molar-refractivity contribution in [2.24, 2.45) is 0 Å². The number of alkyl halides is 2. The lowest BCUT2D eigenvalue weighted by atomic mass is 9.99. The van der Waals surface area contributed by atoms with Crippen LogP contribution in [0.4, 0.5) is 8.78 Å². The second-order valence-corrected chi connectivity index (χ2v) is 8.12. The van der Waals surface area contributed by atoms with Crippen molar-refractivity contribution in [3.8, 4) is 11.5 Å². The number of aromatic amines is 1. The van der Waals surface area contributed by atoms with Gasteiger partial charge in [0.2, 0.25) is 5.89 Å². The van der Waals surface area contributed by atoms with Crippen molar-refractivity contribution < 1.29 is 18.0 Å². The van der Waals surface area contributed by atoms with Crippen LogP contribution in [0.25, 0.3) is 17.0 Å². The summed E-state index contributed by atoms with van der Waals surface area (Å²) in [6.07, 6.45) is 1.01. The maximum atomic E-state index is 13.6. The zero-order valence-electron chi connectivity index (χ0n) is 18.4. The van der Waals surface area contributed by atoms with Gasteiger partial charge in [-0.05, 0) is 37.3 Å². The Morgan fingerprint density at radius 1 is 1.20 bits per heavy atom. The van der Waals surface area contributed by atoms with Gasteiger partial charge in [-0.1, -0.05) is 6.07 Å². The summed E-state index contributed by atoms with van der Waals surface area (Å²) in [5.74, 6) is -0.512. The summed E-state index contributed by atoms with van der Waals surface area (Å²) in [5, 5.41) is 12.4. The molecule has 5 aromatic rings. The van der Waals surface area contributed by atoms with Crippen LogP contribution in [0.3, 0.4) is 0 Å². The molecule has 0 radical (unpaired) electrons. The number of nitrogens with zero attached hydrogens (tertiary/aromatic N) is 7. The lowest BCUT2D eigenvalue weighted by molar-refractivity contribution is 0.0646. The minimum atomic E-state index is -2.70. The Kier molecular flexibility index (Phi) is 4.87. The van der Waals surface area contributed by atoms with Gasteiger partial charge in [0.05, 0.1) is 28.8 Å². The molecule has 6 heterocycles. The first-order chi connectivity index (χ1) is 17.0. The van der Waals surface area contributed by atoms with E-state index in [-0.39, 0.29) is 17.5 Å². The fraction of sp³-hybridized carbons (Fsp3) is 0.217. The van der Waals surface area contributed by atoms with Gasteiger partial charge in [-0.15, -0.1) is 10.2 Å². The smallest absolute Gasteiger partial charge is 0.312 e. The largest absolute Gasteiger partial charge is 0.412 e. The number of imidazole rings is 1. The molecule has 0 saturated heterocycles. The molecular formula is C23H18F2N8O2. The number of rotatable bonds is 4. The maximum absolute atomic E-state index is 13.6. The summed E-state index contributed by atoms with van der Waals surface area (Å²) < 4.78 is 34.0. The van der Waals surface area contributed by atoms with E-state index in [4.69, 9.17) is 4.42 Å². The molecule has 10 nitrogen and oxygen atoms in total. The Bertz CT molecular complexity index is 1560. The predicted octanol–water partition coefficient (Wildman–Crippen LogP) is 3.54. The van der Waals surface area contributed by atoms with E-state index in [0.29, 0.717) is 41.1 Å². The van der Waals surface area contributed by atoms with Gasteiger partial charge in [-0.25, -0.2) is 18.3 Å². The Hall–Kier alpha value is -4.48. The highest BCUT2D eigenvalue weighted by atomic mass is 19.3. The van der Waals surface area contributed by atoms with Crippen molar-refractivity contribution in [3.05, 3.63) is 83.3 Å². The SMILES string of the molecule is Cc1ncccc1-c1nnc(C(=O)N2CCc3[nH]cnc3C2c2cc3cccc(C(F)F)n3n2)o1. The molecule has 1 unspecified atom stereocenters. The third-order valence-electron chi connectivity index (χ3n) is 6.07. The van der Waals surface area contributed by atoms with Crippen LogP contribution < -0.4 is 0 Å². The number of aryl methyl sites for hydroxylation is 1. The second-order valence-electron chi connectivity index (χ2n) is 8.12. The molecule has 35 heavy (non-hydrogen) atoms. The number of carbonyl (C=O) groups excluding carboxylic acids is 1. The molecule has 0 spiro atoms. The second kappa shape index (κ2) is 8.08. The van der Waals surface area contributed by atoms with Crippen LogP contribution in [0.15, 0.2) is 53.3 Å². The first-order valence-electron chi connectivity index (χ1n) is 10.9. The molecule has 12 heteroatoms. The molecule has 1 aliphatic rings. The summed E-state index contributed by atoms with van der Waals surface area (Å²) in [4.78, 5) is 26.8. The third-order valence-corrected chi connectivity index (χ3v) is 6.07. The van der Waals surface area contributed by atoms with E-state index in [1.807, 2.05) is 0 Å². The van der Waals surface area contributed by atoms with Crippen LogP contribution >= 0.6 is 0 Å². The lowest BCUT2D eigenvalue weighted by Gasteiger charge is -2.32.